The summed E-state index contributed by atoms with van der Waals surface area (Å²) in [6, 6.07) is 3.39. The molecule has 0 aliphatic carbocycles. The highest BCUT2D eigenvalue weighted by molar-refractivity contribution is 7.91. The van der Waals surface area contributed by atoms with Gasteiger partial charge in [0.1, 0.15) is 0 Å². The molecule has 0 saturated heterocycles. The van der Waals surface area contributed by atoms with Crippen LogP contribution >= 0.6 is 11.6 Å². The Bertz CT molecular complexity index is 447. The highest BCUT2D eigenvalue weighted by Gasteiger charge is 2.28. The van der Waals surface area contributed by atoms with Gasteiger partial charge in [-0.05, 0) is 18.2 Å². The first-order valence-electron chi connectivity index (χ1n) is 3.43. The van der Waals surface area contributed by atoms with Crippen molar-refractivity contribution in [2.24, 2.45) is 0 Å². The van der Waals surface area contributed by atoms with Crippen LogP contribution in [0.1, 0.15) is 0 Å². The Morgan fingerprint density at radius 1 is 1.36 bits per heavy atom. The average Bonchev–Trinajstić information content (AvgIpc) is 2.08. The monoisotopic (exact) mass is 241 g/mol. The number of halogens is 3. The maximum absolute atomic E-state index is 12.1. The Labute approximate surface area is 84.4 Å². The number of sulfone groups is 1. The van der Waals surface area contributed by atoms with Crippen molar-refractivity contribution in [2.45, 2.75) is 10.7 Å². The first kappa shape index (κ1) is 11.2. The molecule has 7 heteroatoms. The largest absolute Gasteiger partial charge is 0.398 e. The summed E-state index contributed by atoms with van der Waals surface area (Å²) < 4.78 is 46.3. The van der Waals surface area contributed by atoms with Crippen molar-refractivity contribution in [2.75, 3.05) is 5.73 Å². The second-order valence-electron chi connectivity index (χ2n) is 2.49. The molecule has 0 fully saturated rings. The standard InChI is InChI=1S/C7H6ClF2NO2S/c8-4-1-2-5(11)6(3-4)14(12,13)7(9)10/h1-3,7H,11H2. The number of anilines is 1. The van der Waals surface area contributed by atoms with Crippen LogP contribution in [0.3, 0.4) is 0 Å². The van der Waals surface area contributed by atoms with Crippen molar-refractivity contribution < 1.29 is 17.2 Å². The zero-order valence-electron chi connectivity index (χ0n) is 6.75. The molecular weight excluding hydrogens is 236 g/mol. The fourth-order valence-corrected chi connectivity index (χ4v) is 1.97. The van der Waals surface area contributed by atoms with Gasteiger partial charge in [0.2, 0.25) is 9.84 Å². The SMILES string of the molecule is Nc1ccc(Cl)cc1S(=O)(=O)C(F)F. The van der Waals surface area contributed by atoms with E-state index in [9.17, 15) is 17.2 Å². The molecule has 0 unspecified atom stereocenters. The highest BCUT2D eigenvalue weighted by Crippen LogP contribution is 2.26. The molecule has 0 radical (unpaired) electrons. The molecule has 0 atom stereocenters. The van der Waals surface area contributed by atoms with Crippen LogP contribution in [0.2, 0.25) is 5.02 Å². The Morgan fingerprint density at radius 2 is 1.93 bits per heavy atom. The quantitative estimate of drug-likeness (QED) is 0.805. The van der Waals surface area contributed by atoms with E-state index in [4.69, 9.17) is 17.3 Å². The number of hydrogen-bond donors (Lipinski definition) is 1. The van der Waals surface area contributed by atoms with Crippen LogP contribution in [-0.2, 0) is 9.84 Å². The molecule has 0 saturated carbocycles. The van der Waals surface area contributed by atoms with Crippen molar-refractivity contribution in [3.8, 4) is 0 Å². The lowest BCUT2D eigenvalue weighted by atomic mass is 10.3. The molecule has 3 nitrogen and oxygen atoms in total. The van der Waals surface area contributed by atoms with Crippen LogP contribution in [0.15, 0.2) is 23.1 Å². The van der Waals surface area contributed by atoms with E-state index in [0.717, 1.165) is 12.1 Å². The third-order valence-corrected chi connectivity index (χ3v) is 3.19. The van der Waals surface area contributed by atoms with E-state index in [0.29, 0.717) is 0 Å². The van der Waals surface area contributed by atoms with E-state index in [1.165, 1.54) is 6.07 Å². The molecule has 0 aromatic heterocycles. The zero-order chi connectivity index (χ0) is 10.9. The van der Waals surface area contributed by atoms with Crippen LogP contribution in [0, 0.1) is 0 Å². The van der Waals surface area contributed by atoms with E-state index in [-0.39, 0.29) is 10.7 Å². The predicted octanol–water partition coefficient (Wildman–Crippen LogP) is 1.92. The highest BCUT2D eigenvalue weighted by atomic mass is 35.5. The normalized spacial score (nSPS) is 12.0. The van der Waals surface area contributed by atoms with Gasteiger partial charge in [-0.2, -0.15) is 8.78 Å². The summed E-state index contributed by atoms with van der Waals surface area (Å²) in [5.41, 5.74) is 5.00. The Kier molecular flexibility index (Phi) is 2.96. The minimum atomic E-state index is -4.67. The Balaban J connectivity index is 3.40. The van der Waals surface area contributed by atoms with Gasteiger partial charge in [-0.3, -0.25) is 0 Å². The molecular formula is C7H6ClF2NO2S. The van der Waals surface area contributed by atoms with Crippen molar-refractivity contribution in [3.63, 3.8) is 0 Å². The summed E-state index contributed by atoms with van der Waals surface area (Å²) in [4.78, 5) is -0.639. The summed E-state index contributed by atoms with van der Waals surface area (Å²) in [5.74, 6) is -3.50. The zero-order valence-corrected chi connectivity index (χ0v) is 8.32. The first-order chi connectivity index (χ1) is 6.35. The smallest absolute Gasteiger partial charge is 0.341 e. The minimum absolute atomic E-state index is 0.0402. The molecule has 1 aromatic carbocycles. The molecule has 78 valence electrons. The molecule has 0 heterocycles. The van der Waals surface area contributed by atoms with Crippen LogP contribution in [0.5, 0.6) is 0 Å². The predicted molar refractivity (Wildman–Crippen MR) is 49.1 cm³/mol. The van der Waals surface area contributed by atoms with Crippen LogP contribution < -0.4 is 5.73 Å². The van der Waals surface area contributed by atoms with Gasteiger partial charge in [0.15, 0.2) is 0 Å². The molecule has 1 rings (SSSR count). The lowest BCUT2D eigenvalue weighted by molar-refractivity contribution is 0.235. The maximum Gasteiger partial charge on any atom is 0.341 e. The van der Waals surface area contributed by atoms with E-state index >= 15 is 0 Å². The van der Waals surface area contributed by atoms with Crippen LogP contribution in [0.4, 0.5) is 14.5 Å². The minimum Gasteiger partial charge on any atom is -0.398 e. The second-order valence-corrected chi connectivity index (χ2v) is 4.81. The number of benzene rings is 1. The summed E-state index contributed by atoms with van der Waals surface area (Å²) in [7, 11) is -4.67. The molecule has 1 aromatic rings. The third-order valence-electron chi connectivity index (χ3n) is 1.52. The van der Waals surface area contributed by atoms with Crippen LogP contribution in [-0.4, -0.2) is 14.2 Å². The van der Waals surface area contributed by atoms with E-state index < -0.39 is 20.5 Å². The van der Waals surface area contributed by atoms with Crippen LogP contribution in [0.25, 0.3) is 0 Å². The fraction of sp³-hybridized carbons (Fsp3) is 0.143. The van der Waals surface area contributed by atoms with Gasteiger partial charge in [0, 0.05) is 5.02 Å². The number of nitrogens with two attached hydrogens (primary N) is 1. The Hall–Kier alpha value is -0.880. The summed E-state index contributed by atoms with van der Waals surface area (Å²) in [5, 5.41) is 0.0402. The van der Waals surface area contributed by atoms with Crippen molar-refractivity contribution >= 4 is 27.1 Å². The molecule has 14 heavy (non-hydrogen) atoms. The first-order valence-corrected chi connectivity index (χ1v) is 5.35. The van der Waals surface area contributed by atoms with Crippen molar-refractivity contribution in [1.29, 1.82) is 0 Å². The summed E-state index contributed by atoms with van der Waals surface area (Å²) in [6.07, 6.45) is 0. The topological polar surface area (TPSA) is 60.2 Å². The molecule has 0 spiro atoms. The number of rotatable bonds is 2. The van der Waals surface area contributed by atoms with E-state index in [1.807, 2.05) is 0 Å². The molecule has 0 bridgehead atoms. The lowest BCUT2D eigenvalue weighted by Crippen LogP contribution is -2.13. The van der Waals surface area contributed by atoms with Gasteiger partial charge < -0.3 is 5.73 Å². The number of nitrogen functional groups attached to an aromatic ring is 1. The Morgan fingerprint density at radius 3 is 2.43 bits per heavy atom. The van der Waals surface area contributed by atoms with Crippen molar-refractivity contribution in [3.05, 3.63) is 23.2 Å². The number of hydrogen-bond acceptors (Lipinski definition) is 3. The molecule has 2 N–H and O–H groups in total. The van der Waals surface area contributed by atoms with Gasteiger partial charge in [-0.1, -0.05) is 11.6 Å². The summed E-state index contributed by atoms with van der Waals surface area (Å²) in [6.45, 7) is 0. The van der Waals surface area contributed by atoms with Gasteiger partial charge in [0.25, 0.3) is 0 Å². The van der Waals surface area contributed by atoms with Gasteiger partial charge in [0.05, 0.1) is 10.6 Å². The van der Waals surface area contributed by atoms with Gasteiger partial charge in [-0.25, -0.2) is 8.42 Å². The fourth-order valence-electron chi connectivity index (χ4n) is 0.851. The molecule has 0 aliphatic rings. The van der Waals surface area contributed by atoms with E-state index in [1.54, 1.807) is 0 Å². The molecule has 0 amide bonds. The van der Waals surface area contributed by atoms with E-state index in [2.05, 4.69) is 0 Å². The summed E-state index contributed by atoms with van der Waals surface area (Å²) >= 11 is 5.46. The maximum atomic E-state index is 12.1. The second kappa shape index (κ2) is 3.70. The van der Waals surface area contributed by atoms with Gasteiger partial charge >= 0.3 is 5.76 Å². The van der Waals surface area contributed by atoms with Crippen molar-refractivity contribution in [1.82, 2.24) is 0 Å². The molecule has 0 aliphatic heterocycles. The average molecular weight is 242 g/mol. The third kappa shape index (κ3) is 1.96. The number of alkyl halides is 2. The lowest BCUT2D eigenvalue weighted by Gasteiger charge is -2.06. The van der Waals surface area contributed by atoms with Gasteiger partial charge in [-0.15, -0.1) is 0 Å².